The lowest BCUT2D eigenvalue weighted by Gasteiger charge is -2.19. The van der Waals surface area contributed by atoms with E-state index in [1.54, 1.807) is 0 Å². The molecule has 0 saturated heterocycles. The molecule has 21 heavy (non-hydrogen) atoms. The van der Waals surface area contributed by atoms with E-state index in [0.29, 0.717) is 0 Å². The smallest absolute Gasteiger partial charge is 0.123 e. The average molecular weight is 295 g/mol. The standard InChI is InChI=1S/C18H30FNO/c1-3-5-6-7-8-9-14-21-18(15-20-4-2)16-10-12-17(19)13-11-16/h10-13,18,20H,3-9,14-15H2,1-2H3. The zero-order valence-electron chi connectivity index (χ0n) is 13.5. The van der Waals surface area contributed by atoms with Crippen molar-refractivity contribution >= 4 is 0 Å². The molecule has 1 aromatic carbocycles. The first-order valence-electron chi connectivity index (χ1n) is 8.35. The Kier molecular flexibility index (Phi) is 10.1. The number of hydrogen-bond donors (Lipinski definition) is 1. The second-order valence-corrected chi connectivity index (χ2v) is 5.49. The van der Waals surface area contributed by atoms with E-state index in [1.807, 2.05) is 12.1 Å². The molecule has 0 aliphatic carbocycles. The summed E-state index contributed by atoms with van der Waals surface area (Å²) < 4.78 is 19.0. The van der Waals surface area contributed by atoms with Gasteiger partial charge in [0.1, 0.15) is 5.82 Å². The number of benzene rings is 1. The minimum atomic E-state index is -0.197. The number of nitrogens with one attached hydrogen (secondary N) is 1. The van der Waals surface area contributed by atoms with E-state index in [9.17, 15) is 4.39 Å². The van der Waals surface area contributed by atoms with Gasteiger partial charge in [0.2, 0.25) is 0 Å². The van der Waals surface area contributed by atoms with Crippen LogP contribution < -0.4 is 5.32 Å². The number of ether oxygens (including phenoxy) is 1. The molecule has 0 heterocycles. The van der Waals surface area contributed by atoms with Crippen molar-refractivity contribution < 1.29 is 9.13 Å². The van der Waals surface area contributed by atoms with Crippen LogP contribution >= 0.6 is 0 Å². The van der Waals surface area contributed by atoms with Gasteiger partial charge in [0.25, 0.3) is 0 Å². The predicted molar refractivity (Wildman–Crippen MR) is 87.0 cm³/mol. The maximum Gasteiger partial charge on any atom is 0.123 e. The fourth-order valence-corrected chi connectivity index (χ4v) is 2.33. The molecule has 0 saturated carbocycles. The number of hydrogen-bond acceptors (Lipinski definition) is 2. The highest BCUT2D eigenvalue weighted by atomic mass is 19.1. The van der Waals surface area contributed by atoms with Crippen LogP contribution in [0.25, 0.3) is 0 Å². The Morgan fingerprint density at radius 1 is 1.00 bits per heavy atom. The number of likely N-dealkylation sites (N-methyl/N-ethyl adjacent to an activating group) is 1. The summed E-state index contributed by atoms with van der Waals surface area (Å²) in [6, 6.07) is 6.64. The van der Waals surface area contributed by atoms with Crippen LogP contribution in [0.3, 0.4) is 0 Å². The van der Waals surface area contributed by atoms with Gasteiger partial charge in [-0.15, -0.1) is 0 Å². The molecule has 1 N–H and O–H groups in total. The molecule has 0 aliphatic rings. The van der Waals surface area contributed by atoms with Crippen LogP contribution in [0.1, 0.15) is 64.0 Å². The number of rotatable bonds is 12. The average Bonchev–Trinajstić information content (AvgIpc) is 2.50. The van der Waals surface area contributed by atoms with Crippen LogP contribution in [0.15, 0.2) is 24.3 Å². The fourth-order valence-electron chi connectivity index (χ4n) is 2.33. The maximum absolute atomic E-state index is 13.0. The second-order valence-electron chi connectivity index (χ2n) is 5.49. The highest BCUT2D eigenvalue weighted by molar-refractivity contribution is 5.19. The quantitative estimate of drug-likeness (QED) is 0.556. The van der Waals surface area contributed by atoms with Gasteiger partial charge in [-0.1, -0.05) is 58.1 Å². The molecule has 120 valence electrons. The van der Waals surface area contributed by atoms with Gasteiger partial charge in [-0.3, -0.25) is 0 Å². The molecule has 0 radical (unpaired) electrons. The molecule has 0 aliphatic heterocycles. The minimum absolute atomic E-state index is 0.0150. The van der Waals surface area contributed by atoms with Crippen molar-refractivity contribution in [3.05, 3.63) is 35.6 Å². The highest BCUT2D eigenvalue weighted by Crippen LogP contribution is 2.18. The van der Waals surface area contributed by atoms with Crippen LogP contribution in [0, 0.1) is 5.82 Å². The van der Waals surface area contributed by atoms with Crippen LogP contribution in [0.4, 0.5) is 4.39 Å². The fraction of sp³-hybridized carbons (Fsp3) is 0.667. The Morgan fingerprint density at radius 3 is 2.33 bits per heavy atom. The summed E-state index contributed by atoms with van der Waals surface area (Å²) in [6.45, 7) is 6.78. The molecule has 0 spiro atoms. The summed E-state index contributed by atoms with van der Waals surface area (Å²) in [4.78, 5) is 0. The Balaban J connectivity index is 2.31. The SMILES string of the molecule is CCCCCCCCOC(CNCC)c1ccc(F)cc1. The molecule has 3 heteroatoms. The van der Waals surface area contributed by atoms with Gasteiger partial charge in [-0.25, -0.2) is 4.39 Å². The molecule has 0 aromatic heterocycles. The molecular weight excluding hydrogens is 265 g/mol. The number of halogens is 1. The summed E-state index contributed by atoms with van der Waals surface area (Å²) >= 11 is 0. The topological polar surface area (TPSA) is 21.3 Å². The Morgan fingerprint density at radius 2 is 1.67 bits per heavy atom. The van der Waals surface area contributed by atoms with Gasteiger partial charge >= 0.3 is 0 Å². The van der Waals surface area contributed by atoms with E-state index in [4.69, 9.17) is 4.74 Å². The first-order chi connectivity index (χ1) is 10.3. The third-order valence-electron chi connectivity index (χ3n) is 3.64. The third kappa shape index (κ3) is 8.18. The van der Waals surface area contributed by atoms with E-state index in [2.05, 4.69) is 19.2 Å². The van der Waals surface area contributed by atoms with Crippen LogP contribution in [0.5, 0.6) is 0 Å². The first kappa shape index (κ1) is 18.1. The summed E-state index contributed by atoms with van der Waals surface area (Å²) in [5.41, 5.74) is 1.04. The highest BCUT2D eigenvalue weighted by Gasteiger charge is 2.11. The maximum atomic E-state index is 13.0. The van der Waals surface area contributed by atoms with Gasteiger partial charge < -0.3 is 10.1 Å². The van der Waals surface area contributed by atoms with Gasteiger partial charge in [0.15, 0.2) is 0 Å². The molecule has 1 rings (SSSR count). The summed E-state index contributed by atoms with van der Waals surface area (Å²) in [7, 11) is 0. The van der Waals surface area contributed by atoms with E-state index in [-0.39, 0.29) is 11.9 Å². The van der Waals surface area contributed by atoms with Gasteiger partial charge in [0, 0.05) is 13.2 Å². The van der Waals surface area contributed by atoms with E-state index >= 15 is 0 Å². The van der Waals surface area contributed by atoms with Crippen molar-refractivity contribution in [2.45, 2.75) is 58.5 Å². The van der Waals surface area contributed by atoms with E-state index in [1.165, 1.54) is 44.2 Å². The van der Waals surface area contributed by atoms with Crippen molar-refractivity contribution in [1.82, 2.24) is 5.32 Å². The van der Waals surface area contributed by atoms with Gasteiger partial charge in [-0.2, -0.15) is 0 Å². The largest absolute Gasteiger partial charge is 0.372 e. The van der Waals surface area contributed by atoms with Crippen molar-refractivity contribution in [1.29, 1.82) is 0 Å². The lowest BCUT2D eigenvalue weighted by molar-refractivity contribution is 0.0501. The zero-order chi connectivity index (χ0) is 15.3. The normalized spacial score (nSPS) is 12.5. The number of unbranched alkanes of at least 4 members (excludes halogenated alkanes) is 5. The third-order valence-corrected chi connectivity index (χ3v) is 3.64. The molecule has 0 fully saturated rings. The summed E-state index contributed by atoms with van der Waals surface area (Å²) in [6.07, 6.45) is 7.60. The lowest BCUT2D eigenvalue weighted by Crippen LogP contribution is -2.23. The predicted octanol–water partition coefficient (Wildman–Crippen LogP) is 4.85. The first-order valence-corrected chi connectivity index (χ1v) is 8.35. The van der Waals surface area contributed by atoms with Gasteiger partial charge in [0.05, 0.1) is 6.10 Å². The molecule has 1 unspecified atom stereocenters. The minimum Gasteiger partial charge on any atom is -0.372 e. The van der Waals surface area contributed by atoms with Gasteiger partial charge in [-0.05, 0) is 30.7 Å². The summed E-state index contributed by atoms with van der Waals surface area (Å²) in [5, 5.41) is 3.31. The molecule has 0 amide bonds. The van der Waals surface area contributed by atoms with Crippen molar-refractivity contribution in [3.63, 3.8) is 0 Å². The van der Waals surface area contributed by atoms with E-state index in [0.717, 1.165) is 31.7 Å². The molecular formula is C18H30FNO. The molecule has 2 nitrogen and oxygen atoms in total. The Hall–Kier alpha value is -0.930. The van der Waals surface area contributed by atoms with E-state index < -0.39 is 0 Å². The zero-order valence-corrected chi connectivity index (χ0v) is 13.5. The molecule has 1 aromatic rings. The summed E-state index contributed by atoms with van der Waals surface area (Å²) in [5.74, 6) is -0.197. The molecule has 1 atom stereocenters. The van der Waals surface area contributed by atoms with Crippen LogP contribution in [0.2, 0.25) is 0 Å². The lowest BCUT2D eigenvalue weighted by atomic mass is 10.1. The van der Waals surface area contributed by atoms with Crippen molar-refractivity contribution in [2.75, 3.05) is 19.7 Å². The van der Waals surface area contributed by atoms with Crippen molar-refractivity contribution in [3.8, 4) is 0 Å². The van der Waals surface area contributed by atoms with Crippen molar-refractivity contribution in [2.24, 2.45) is 0 Å². The second kappa shape index (κ2) is 11.7. The van der Waals surface area contributed by atoms with Crippen LogP contribution in [-0.2, 0) is 4.74 Å². The van der Waals surface area contributed by atoms with Crippen LogP contribution in [-0.4, -0.2) is 19.7 Å². The Bertz CT molecular complexity index is 353. The molecule has 0 bridgehead atoms. The monoisotopic (exact) mass is 295 g/mol. The Labute approximate surface area is 129 Å².